The van der Waals surface area contributed by atoms with E-state index in [1.165, 1.54) is 12.1 Å². The fraction of sp³-hybridized carbons (Fsp3) is 0.188. The second kappa shape index (κ2) is 7.47. The molecule has 118 valence electrons. The summed E-state index contributed by atoms with van der Waals surface area (Å²) in [6.07, 6.45) is -0.474. The van der Waals surface area contributed by atoms with Crippen LogP contribution in [-0.4, -0.2) is 22.2 Å². The van der Waals surface area contributed by atoms with Crippen LogP contribution in [0.2, 0.25) is 5.15 Å². The van der Waals surface area contributed by atoms with Gasteiger partial charge in [0.25, 0.3) is 0 Å². The van der Waals surface area contributed by atoms with Gasteiger partial charge >= 0.3 is 6.09 Å². The molecule has 7 heteroatoms. The van der Waals surface area contributed by atoms with E-state index in [1.807, 2.05) is 18.2 Å². The summed E-state index contributed by atoms with van der Waals surface area (Å²) in [6, 6.07) is 11.9. The number of carboxylic acid groups (broad SMARTS) is 1. The molecule has 1 aromatic heterocycles. The van der Waals surface area contributed by atoms with E-state index in [9.17, 15) is 4.79 Å². The number of amides is 1. The number of nitrogens with one attached hydrogen (secondary N) is 1. The molecule has 1 unspecified atom stereocenters. The van der Waals surface area contributed by atoms with Gasteiger partial charge in [0.05, 0.1) is 11.6 Å². The summed E-state index contributed by atoms with van der Waals surface area (Å²) in [4.78, 5) is 14.6. The fourth-order valence-electron chi connectivity index (χ4n) is 2.02. The lowest BCUT2D eigenvalue weighted by Crippen LogP contribution is -2.32. The predicted octanol–water partition coefficient (Wildman–Crippen LogP) is 3.60. The minimum Gasteiger partial charge on any atom is -0.465 e. The summed E-state index contributed by atoms with van der Waals surface area (Å²) in [5.41, 5.74) is 1.33. The van der Waals surface area contributed by atoms with Crippen LogP contribution in [0.4, 0.5) is 4.79 Å². The van der Waals surface area contributed by atoms with Gasteiger partial charge in [-0.2, -0.15) is 5.26 Å². The number of aromatic nitrogens is 1. The highest BCUT2D eigenvalue weighted by molar-refractivity contribution is 6.29. The van der Waals surface area contributed by atoms with Crippen LogP contribution in [0.1, 0.15) is 18.1 Å². The second-order valence-electron chi connectivity index (χ2n) is 4.93. The standard InChI is InChI=1S/C16H14ClN3O3/c1-10(19-16(21)22)6-11-2-4-13(5-3-11)23-15-8-12(9-18)7-14(17)20-15/h2-5,7-8,10,19H,6H2,1H3,(H,21,22). The molecular weight excluding hydrogens is 318 g/mol. The fourth-order valence-corrected chi connectivity index (χ4v) is 2.22. The molecule has 0 fully saturated rings. The van der Waals surface area contributed by atoms with Crippen LogP contribution < -0.4 is 10.1 Å². The van der Waals surface area contributed by atoms with Gasteiger partial charge in [0, 0.05) is 12.1 Å². The van der Waals surface area contributed by atoms with Gasteiger partial charge in [0.2, 0.25) is 5.88 Å². The summed E-state index contributed by atoms with van der Waals surface area (Å²) >= 11 is 5.82. The molecule has 0 aliphatic rings. The summed E-state index contributed by atoms with van der Waals surface area (Å²) in [5, 5.41) is 20.1. The first-order valence-electron chi connectivity index (χ1n) is 6.80. The molecule has 1 atom stereocenters. The number of hydrogen-bond acceptors (Lipinski definition) is 4. The molecule has 2 N–H and O–H groups in total. The van der Waals surface area contributed by atoms with Crippen molar-refractivity contribution >= 4 is 17.7 Å². The van der Waals surface area contributed by atoms with E-state index >= 15 is 0 Å². The Morgan fingerprint density at radius 1 is 1.43 bits per heavy atom. The molecule has 1 heterocycles. The number of benzene rings is 1. The molecule has 1 aromatic carbocycles. The number of carbonyl (C=O) groups is 1. The molecule has 0 saturated carbocycles. The smallest absolute Gasteiger partial charge is 0.404 e. The van der Waals surface area contributed by atoms with Gasteiger partial charge in [-0.05, 0) is 37.1 Å². The topological polar surface area (TPSA) is 95.2 Å². The van der Waals surface area contributed by atoms with Gasteiger partial charge in [-0.1, -0.05) is 23.7 Å². The third kappa shape index (κ3) is 5.16. The number of ether oxygens (including phenoxy) is 1. The summed E-state index contributed by atoms with van der Waals surface area (Å²) in [6.45, 7) is 1.79. The monoisotopic (exact) mass is 331 g/mol. The number of nitriles is 1. The molecule has 0 spiro atoms. The maximum Gasteiger partial charge on any atom is 0.404 e. The van der Waals surface area contributed by atoms with Gasteiger partial charge in [-0.3, -0.25) is 0 Å². The van der Waals surface area contributed by atoms with E-state index in [1.54, 1.807) is 19.1 Å². The minimum absolute atomic E-state index is 0.184. The summed E-state index contributed by atoms with van der Waals surface area (Å²) in [7, 11) is 0. The van der Waals surface area contributed by atoms with Gasteiger partial charge in [-0.25, -0.2) is 9.78 Å². The Morgan fingerprint density at radius 2 is 2.13 bits per heavy atom. The number of rotatable bonds is 5. The van der Waals surface area contributed by atoms with Crippen LogP contribution in [0.25, 0.3) is 0 Å². The Bertz CT molecular complexity index is 741. The van der Waals surface area contributed by atoms with Gasteiger partial charge in [-0.15, -0.1) is 0 Å². The van der Waals surface area contributed by atoms with Crippen LogP contribution >= 0.6 is 11.6 Å². The van der Waals surface area contributed by atoms with Crippen molar-refractivity contribution in [2.24, 2.45) is 0 Å². The highest BCUT2D eigenvalue weighted by atomic mass is 35.5. The van der Waals surface area contributed by atoms with E-state index in [4.69, 9.17) is 26.7 Å². The Morgan fingerprint density at radius 3 is 2.74 bits per heavy atom. The molecule has 6 nitrogen and oxygen atoms in total. The molecule has 0 radical (unpaired) electrons. The zero-order chi connectivity index (χ0) is 16.8. The molecule has 0 aliphatic carbocycles. The molecule has 23 heavy (non-hydrogen) atoms. The average Bonchev–Trinajstić information content (AvgIpc) is 2.47. The summed E-state index contributed by atoms with van der Waals surface area (Å²) in [5.74, 6) is 0.786. The first-order chi connectivity index (χ1) is 11.0. The van der Waals surface area contributed by atoms with Crippen LogP contribution in [-0.2, 0) is 6.42 Å². The zero-order valence-electron chi connectivity index (χ0n) is 12.3. The maximum atomic E-state index is 10.6. The van der Waals surface area contributed by atoms with Crippen LogP contribution in [0.5, 0.6) is 11.6 Å². The first kappa shape index (κ1) is 16.6. The lowest BCUT2D eigenvalue weighted by molar-refractivity contribution is 0.190. The predicted molar refractivity (Wildman–Crippen MR) is 84.8 cm³/mol. The van der Waals surface area contributed by atoms with Gasteiger partial charge < -0.3 is 15.2 Å². The van der Waals surface area contributed by atoms with Gasteiger partial charge in [0.1, 0.15) is 10.9 Å². The lowest BCUT2D eigenvalue weighted by Gasteiger charge is -2.12. The molecule has 0 bridgehead atoms. The number of halogens is 1. The molecule has 0 aliphatic heterocycles. The summed E-state index contributed by atoms with van der Waals surface area (Å²) < 4.78 is 5.57. The van der Waals surface area contributed by atoms with Crippen molar-refractivity contribution in [1.29, 1.82) is 5.26 Å². The van der Waals surface area contributed by atoms with E-state index in [2.05, 4.69) is 10.3 Å². The Kier molecular flexibility index (Phi) is 5.39. The normalized spacial score (nSPS) is 11.3. The Balaban J connectivity index is 2.04. The first-order valence-corrected chi connectivity index (χ1v) is 7.18. The SMILES string of the molecule is CC(Cc1ccc(Oc2cc(C#N)cc(Cl)n2)cc1)NC(=O)O. The lowest BCUT2D eigenvalue weighted by atomic mass is 10.1. The maximum absolute atomic E-state index is 10.6. The van der Waals surface area contributed by atoms with Crippen LogP contribution in [0.15, 0.2) is 36.4 Å². The second-order valence-corrected chi connectivity index (χ2v) is 5.32. The van der Waals surface area contributed by atoms with E-state index in [-0.39, 0.29) is 17.1 Å². The highest BCUT2D eigenvalue weighted by Gasteiger charge is 2.07. The molecule has 2 rings (SSSR count). The largest absolute Gasteiger partial charge is 0.465 e. The molecule has 1 amide bonds. The Hall–Kier alpha value is -2.78. The minimum atomic E-state index is -1.04. The molecule has 2 aromatic rings. The quantitative estimate of drug-likeness (QED) is 0.816. The van der Waals surface area contributed by atoms with Crippen molar-refractivity contribution in [2.45, 2.75) is 19.4 Å². The van der Waals surface area contributed by atoms with E-state index in [0.717, 1.165) is 5.56 Å². The molecular formula is C16H14ClN3O3. The van der Waals surface area contributed by atoms with Crippen LogP contribution in [0, 0.1) is 11.3 Å². The number of pyridine rings is 1. The van der Waals surface area contributed by atoms with E-state index in [0.29, 0.717) is 17.7 Å². The Labute approximate surface area is 138 Å². The number of hydrogen-bond donors (Lipinski definition) is 2. The van der Waals surface area contributed by atoms with Crippen molar-refractivity contribution in [1.82, 2.24) is 10.3 Å². The average molecular weight is 332 g/mol. The zero-order valence-corrected chi connectivity index (χ0v) is 13.0. The van der Waals surface area contributed by atoms with Crippen molar-refractivity contribution in [3.05, 3.63) is 52.7 Å². The third-order valence-electron chi connectivity index (χ3n) is 2.96. The van der Waals surface area contributed by atoms with E-state index < -0.39 is 6.09 Å². The van der Waals surface area contributed by atoms with Crippen molar-refractivity contribution < 1.29 is 14.6 Å². The van der Waals surface area contributed by atoms with Gasteiger partial charge in [0.15, 0.2) is 0 Å². The van der Waals surface area contributed by atoms with Crippen LogP contribution in [0.3, 0.4) is 0 Å². The highest BCUT2D eigenvalue weighted by Crippen LogP contribution is 2.23. The third-order valence-corrected chi connectivity index (χ3v) is 3.15. The van der Waals surface area contributed by atoms with Crippen molar-refractivity contribution in [3.63, 3.8) is 0 Å². The molecule has 0 saturated heterocycles. The number of nitrogens with zero attached hydrogens (tertiary/aromatic N) is 2. The van der Waals surface area contributed by atoms with Crippen molar-refractivity contribution in [3.8, 4) is 17.7 Å². The van der Waals surface area contributed by atoms with Crippen molar-refractivity contribution in [2.75, 3.05) is 0 Å².